The molecule has 1 heterocycles. The Morgan fingerprint density at radius 2 is 2.10 bits per heavy atom. The van der Waals surface area contributed by atoms with Gasteiger partial charge in [0.05, 0.1) is 22.0 Å². The van der Waals surface area contributed by atoms with Crippen LogP contribution in [0, 0.1) is 21.4 Å². The molecular weight excluding hydrogens is 534 g/mol. The lowest BCUT2D eigenvalue weighted by molar-refractivity contribution is -0.385. The molecule has 0 spiro atoms. The summed E-state index contributed by atoms with van der Waals surface area (Å²) in [5, 5.41) is 24.9. The van der Waals surface area contributed by atoms with Crippen molar-refractivity contribution in [1.29, 1.82) is 5.26 Å². The molecule has 158 valence electrons. The molecule has 0 bridgehead atoms. The maximum Gasteiger partial charge on any atom is 0.312 e. The predicted octanol–water partition coefficient (Wildman–Crippen LogP) is 4.57. The highest BCUT2D eigenvalue weighted by molar-refractivity contribution is 9.10. The van der Waals surface area contributed by atoms with Gasteiger partial charge in [0.1, 0.15) is 11.9 Å². The minimum Gasteiger partial charge on any atom is -0.471 e. The predicted molar refractivity (Wildman–Crippen MR) is 123 cm³/mol. The number of benzene rings is 2. The summed E-state index contributed by atoms with van der Waals surface area (Å²) >= 11 is 6.58. The van der Waals surface area contributed by atoms with Crippen LogP contribution in [0.25, 0.3) is 10.9 Å². The van der Waals surface area contributed by atoms with Crippen molar-refractivity contribution >= 4 is 54.7 Å². The SMILES string of the molecule is CCCc1nc2ccc(Br)cc2c(=O)n1N=Cc1cc(Br)cc([N+](=O)[O-])c1OCC#N. The maximum absolute atomic E-state index is 13.1. The van der Waals surface area contributed by atoms with Gasteiger partial charge in [-0.1, -0.05) is 38.8 Å². The number of nitriles is 1. The number of nitrogens with zero attached hydrogens (tertiary/aromatic N) is 5. The third-order valence-corrected chi connectivity index (χ3v) is 5.15. The highest BCUT2D eigenvalue weighted by Crippen LogP contribution is 2.34. The number of rotatable bonds is 7. The highest BCUT2D eigenvalue weighted by atomic mass is 79.9. The minimum atomic E-state index is -0.613. The molecule has 0 atom stereocenters. The van der Waals surface area contributed by atoms with Gasteiger partial charge in [-0.15, -0.1) is 0 Å². The second-order valence-electron chi connectivity index (χ2n) is 6.35. The molecule has 0 N–H and O–H groups in total. The maximum atomic E-state index is 13.1. The summed E-state index contributed by atoms with van der Waals surface area (Å²) in [6.07, 6.45) is 2.54. The van der Waals surface area contributed by atoms with E-state index >= 15 is 0 Å². The van der Waals surface area contributed by atoms with Crippen LogP contribution < -0.4 is 10.3 Å². The third kappa shape index (κ3) is 4.98. The first-order valence-electron chi connectivity index (χ1n) is 9.09. The number of nitro groups is 1. The Labute approximate surface area is 193 Å². The van der Waals surface area contributed by atoms with Crippen LogP contribution in [0.4, 0.5) is 5.69 Å². The molecule has 0 aliphatic rings. The van der Waals surface area contributed by atoms with Crippen molar-refractivity contribution in [3.05, 3.63) is 71.1 Å². The molecule has 0 aliphatic carbocycles. The van der Waals surface area contributed by atoms with Crippen LogP contribution in [0.5, 0.6) is 5.75 Å². The number of hydrogen-bond acceptors (Lipinski definition) is 7. The Morgan fingerprint density at radius 1 is 1.32 bits per heavy atom. The largest absolute Gasteiger partial charge is 0.471 e. The first kappa shape index (κ1) is 22.6. The Bertz CT molecular complexity index is 1300. The van der Waals surface area contributed by atoms with Crippen LogP contribution in [0.3, 0.4) is 0 Å². The van der Waals surface area contributed by atoms with Crippen LogP contribution in [-0.2, 0) is 6.42 Å². The average Bonchev–Trinajstić information content (AvgIpc) is 2.73. The molecule has 1 aromatic heterocycles. The van der Waals surface area contributed by atoms with Gasteiger partial charge in [-0.3, -0.25) is 14.9 Å². The van der Waals surface area contributed by atoms with Gasteiger partial charge in [0.15, 0.2) is 6.61 Å². The van der Waals surface area contributed by atoms with Crippen molar-refractivity contribution in [2.24, 2.45) is 5.10 Å². The fraction of sp³-hybridized carbons (Fsp3) is 0.200. The first-order chi connectivity index (χ1) is 14.8. The van der Waals surface area contributed by atoms with E-state index in [1.807, 2.05) is 6.92 Å². The molecule has 0 saturated carbocycles. The highest BCUT2D eigenvalue weighted by Gasteiger charge is 2.20. The molecule has 0 amide bonds. The Balaban J connectivity index is 2.20. The molecule has 11 heteroatoms. The average molecular weight is 549 g/mol. The summed E-state index contributed by atoms with van der Waals surface area (Å²) in [7, 11) is 0. The van der Waals surface area contributed by atoms with E-state index in [0.29, 0.717) is 27.6 Å². The summed E-state index contributed by atoms with van der Waals surface area (Å²) in [6.45, 7) is 1.58. The van der Waals surface area contributed by atoms with E-state index in [1.54, 1.807) is 30.3 Å². The fourth-order valence-corrected chi connectivity index (χ4v) is 3.74. The lowest BCUT2D eigenvalue weighted by Crippen LogP contribution is -2.22. The molecule has 2 aromatic carbocycles. The zero-order valence-corrected chi connectivity index (χ0v) is 19.4. The van der Waals surface area contributed by atoms with Crippen LogP contribution in [-0.4, -0.2) is 27.4 Å². The topological polar surface area (TPSA) is 123 Å². The number of ether oxygens (including phenoxy) is 1. The molecule has 3 aromatic rings. The summed E-state index contributed by atoms with van der Waals surface area (Å²) in [5.41, 5.74) is 0.0991. The van der Waals surface area contributed by atoms with Gasteiger partial charge >= 0.3 is 5.69 Å². The number of hydrogen-bond donors (Lipinski definition) is 0. The molecule has 0 radical (unpaired) electrons. The minimum absolute atomic E-state index is 0.111. The van der Waals surface area contributed by atoms with E-state index in [9.17, 15) is 14.9 Å². The molecule has 0 aliphatic heterocycles. The first-order valence-corrected chi connectivity index (χ1v) is 10.7. The van der Waals surface area contributed by atoms with Gasteiger partial charge in [-0.05, 0) is 30.7 Å². The van der Waals surface area contributed by atoms with Crippen molar-refractivity contribution in [3.63, 3.8) is 0 Å². The zero-order valence-electron chi connectivity index (χ0n) is 16.2. The zero-order chi connectivity index (χ0) is 22.5. The van der Waals surface area contributed by atoms with Gasteiger partial charge in [0.25, 0.3) is 5.56 Å². The Kier molecular flexibility index (Phi) is 7.14. The Hall–Kier alpha value is -3.10. The van der Waals surface area contributed by atoms with Crippen LogP contribution in [0.2, 0.25) is 0 Å². The van der Waals surface area contributed by atoms with Crippen LogP contribution in [0.15, 0.2) is 49.2 Å². The van der Waals surface area contributed by atoms with Gasteiger partial charge in [-0.2, -0.15) is 15.0 Å². The second-order valence-corrected chi connectivity index (χ2v) is 8.18. The van der Waals surface area contributed by atoms with Gasteiger partial charge in [0, 0.05) is 27.0 Å². The van der Waals surface area contributed by atoms with E-state index in [2.05, 4.69) is 41.9 Å². The fourth-order valence-electron chi connectivity index (χ4n) is 2.91. The number of fused-ring (bicyclic) bond motifs is 1. The van der Waals surface area contributed by atoms with Crippen molar-refractivity contribution in [3.8, 4) is 11.8 Å². The summed E-state index contributed by atoms with van der Waals surface area (Å²) in [5.74, 6) is 0.350. The van der Waals surface area contributed by atoms with Gasteiger partial charge in [0.2, 0.25) is 5.75 Å². The molecule has 9 nitrogen and oxygen atoms in total. The van der Waals surface area contributed by atoms with Gasteiger partial charge in [-0.25, -0.2) is 4.98 Å². The van der Waals surface area contributed by atoms with Gasteiger partial charge < -0.3 is 4.74 Å². The van der Waals surface area contributed by atoms with Crippen LogP contribution >= 0.6 is 31.9 Å². The van der Waals surface area contributed by atoms with E-state index in [0.717, 1.165) is 10.9 Å². The number of aryl methyl sites for hydroxylation is 1. The van der Waals surface area contributed by atoms with Crippen LogP contribution in [0.1, 0.15) is 24.7 Å². The molecular formula is C20H15Br2N5O4. The van der Waals surface area contributed by atoms with E-state index in [4.69, 9.17) is 10.00 Å². The molecule has 0 unspecified atom stereocenters. The molecule has 31 heavy (non-hydrogen) atoms. The van der Waals surface area contributed by atoms with Crippen molar-refractivity contribution < 1.29 is 9.66 Å². The monoisotopic (exact) mass is 547 g/mol. The summed E-state index contributed by atoms with van der Waals surface area (Å²) in [4.78, 5) is 28.5. The number of aromatic nitrogens is 2. The van der Waals surface area contributed by atoms with Crippen molar-refractivity contribution in [2.75, 3.05) is 6.61 Å². The Morgan fingerprint density at radius 3 is 2.77 bits per heavy atom. The summed E-state index contributed by atoms with van der Waals surface area (Å²) in [6, 6.07) is 9.83. The standard InChI is InChI=1S/C20H15Br2N5O4/c1-2-3-18-25-16-5-4-13(21)9-15(16)20(28)26(18)24-11-12-8-14(22)10-17(27(29)30)19(12)31-7-6-23/h4-5,8-11H,2-3,7H2,1H3. The number of halogens is 2. The molecule has 0 fully saturated rings. The normalized spacial score (nSPS) is 11.0. The smallest absolute Gasteiger partial charge is 0.312 e. The molecule has 0 saturated heterocycles. The van der Waals surface area contributed by atoms with Crippen molar-refractivity contribution in [2.45, 2.75) is 19.8 Å². The van der Waals surface area contributed by atoms with E-state index in [-0.39, 0.29) is 29.2 Å². The third-order valence-electron chi connectivity index (χ3n) is 4.20. The molecule has 3 rings (SSSR count). The van der Waals surface area contributed by atoms with E-state index in [1.165, 1.54) is 17.0 Å². The summed E-state index contributed by atoms with van der Waals surface area (Å²) < 4.78 is 7.62. The second kappa shape index (κ2) is 9.80. The lowest BCUT2D eigenvalue weighted by atomic mass is 10.2. The van der Waals surface area contributed by atoms with Crippen molar-refractivity contribution in [1.82, 2.24) is 9.66 Å². The lowest BCUT2D eigenvalue weighted by Gasteiger charge is -2.10. The number of nitro benzene ring substituents is 1. The van der Waals surface area contributed by atoms with E-state index < -0.39 is 4.92 Å². The quantitative estimate of drug-likeness (QED) is 0.242.